The van der Waals surface area contributed by atoms with Gasteiger partial charge in [-0.1, -0.05) is 60.7 Å². The van der Waals surface area contributed by atoms with Crippen molar-refractivity contribution in [3.63, 3.8) is 0 Å². The summed E-state index contributed by atoms with van der Waals surface area (Å²) < 4.78 is 11.7. The second kappa shape index (κ2) is 16.4. The van der Waals surface area contributed by atoms with Crippen molar-refractivity contribution in [1.29, 1.82) is 0 Å². The summed E-state index contributed by atoms with van der Waals surface area (Å²) in [5.41, 5.74) is 3.11. The van der Waals surface area contributed by atoms with Gasteiger partial charge in [-0.05, 0) is 73.5 Å². The Morgan fingerprint density at radius 2 is 1.10 bits per heavy atom. The third-order valence-electron chi connectivity index (χ3n) is 7.36. The molecular formula is C36H35N7O7. The number of carbonyl (C=O) groups excluding carboxylic acids is 4. The number of aromatic nitrogens is 3. The minimum atomic E-state index is -0.880. The standard InChI is InChI=1S/C36H35N7O7/c1-23(37-35(47)49-21-25-9-5-3-6-10-25)32(44)39-28-15-13-27(14-16-28)31-41-42-34(46)43(31)30-19-17-29(18-20-30)40-33(45)24(2)38-36(48)50-22-26-11-7-4-8-12-26/h3-20,23-24H,21-22H2,1-2H3,(H,37,47)(H,38,48)(H,39,44)(H,40,45)(H,42,46)/t23-,24-/m0/s1. The fraction of sp³-hybridized carbons (Fsp3) is 0.167. The normalized spacial score (nSPS) is 11.8. The largest absolute Gasteiger partial charge is 0.445 e. The number of amides is 4. The number of nitrogens with one attached hydrogen (secondary N) is 5. The van der Waals surface area contributed by atoms with Crippen molar-refractivity contribution in [3.05, 3.63) is 131 Å². The molecule has 0 saturated heterocycles. The van der Waals surface area contributed by atoms with E-state index in [1.54, 1.807) is 48.5 Å². The number of rotatable bonds is 12. The van der Waals surface area contributed by atoms with Gasteiger partial charge in [-0.15, -0.1) is 0 Å². The molecule has 14 heteroatoms. The van der Waals surface area contributed by atoms with Crippen molar-refractivity contribution < 1.29 is 28.7 Å². The number of ether oxygens (including phenoxy) is 2. The number of alkyl carbamates (subject to hydrolysis) is 2. The molecule has 0 aliphatic carbocycles. The number of carbonyl (C=O) groups is 4. The van der Waals surface area contributed by atoms with Gasteiger partial charge in [0, 0.05) is 16.9 Å². The van der Waals surface area contributed by atoms with E-state index in [1.807, 2.05) is 60.7 Å². The number of benzene rings is 4. The Hall–Kier alpha value is -6.70. The second-order valence-electron chi connectivity index (χ2n) is 11.1. The van der Waals surface area contributed by atoms with Crippen LogP contribution in [-0.4, -0.2) is 50.8 Å². The van der Waals surface area contributed by atoms with Gasteiger partial charge in [0.1, 0.15) is 25.3 Å². The first kappa shape index (κ1) is 34.6. The van der Waals surface area contributed by atoms with Gasteiger partial charge in [-0.3, -0.25) is 9.59 Å². The molecule has 4 amide bonds. The van der Waals surface area contributed by atoms with Gasteiger partial charge in [0.2, 0.25) is 11.8 Å². The number of anilines is 2. The zero-order valence-electron chi connectivity index (χ0n) is 27.2. The maximum atomic E-state index is 12.7. The van der Waals surface area contributed by atoms with Crippen molar-refractivity contribution in [2.24, 2.45) is 0 Å². The summed E-state index contributed by atoms with van der Waals surface area (Å²) in [4.78, 5) is 62.4. The molecule has 0 radical (unpaired) electrons. The molecule has 0 aliphatic rings. The Bertz CT molecular complexity index is 1980. The van der Waals surface area contributed by atoms with Gasteiger partial charge in [0.05, 0.1) is 5.69 Å². The molecule has 5 rings (SSSR count). The van der Waals surface area contributed by atoms with Gasteiger partial charge < -0.3 is 30.7 Å². The molecule has 1 aromatic heterocycles. The Morgan fingerprint density at radius 3 is 1.56 bits per heavy atom. The molecule has 1 heterocycles. The first-order chi connectivity index (χ1) is 24.2. The monoisotopic (exact) mass is 677 g/mol. The van der Waals surface area contributed by atoms with Crippen LogP contribution in [0.5, 0.6) is 0 Å². The van der Waals surface area contributed by atoms with Crippen LogP contribution in [0.1, 0.15) is 25.0 Å². The van der Waals surface area contributed by atoms with Crippen LogP contribution in [-0.2, 0) is 32.3 Å². The van der Waals surface area contributed by atoms with E-state index in [-0.39, 0.29) is 13.2 Å². The molecule has 4 aromatic carbocycles. The van der Waals surface area contributed by atoms with Crippen molar-refractivity contribution in [2.45, 2.75) is 39.1 Å². The van der Waals surface area contributed by atoms with E-state index >= 15 is 0 Å². The smallest absolute Gasteiger partial charge is 0.408 e. The Kier molecular flexibility index (Phi) is 11.4. The maximum absolute atomic E-state index is 12.7. The van der Waals surface area contributed by atoms with Gasteiger partial charge in [0.25, 0.3) is 0 Å². The molecule has 0 aliphatic heterocycles. The summed E-state index contributed by atoms with van der Waals surface area (Å²) in [7, 11) is 0. The third kappa shape index (κ3) is 9.44. The highest BCUT2D eigenvalue weighted by atomic mass is 16.6. The van der Waals surface area contributed by atoms with Crippen LogP contribution < -0.4 is 27.0 Å². The predicted octanol–water partition coefficient (Wildman–Crippen LogP) is 4.73. The predicted molar refractivity (Wildman–Crippen MR) is 185 cm³/mol. The molecule has 0 unspecified atom stereocenters. The third-order valence-corrected chi connectivity index (χ3v) is 7.36. The molecule has 5 N–H and O–H groups in total. The molecule has 256 valence electrons. The topological polar surface area (TPSA) is 186 Å². The van der Waals surface area contributed by atoms with Gasteiger partial charge in [-0.25, -0.2) is 24.0 Å². The zero-order valence-corrected chi connectivity index (χ0v) is 27.2. The van der Waals surface area contributed by atoms with Crippen LogP contribution in [0.15, 0.2) is 114 Å². The van der Waals surface area contributed by atoms with E-state index in [0.717, 1.165) is 11.1 Å². The highest BCUT2D eigenvalue weighted by Gasteiger charge is 2.19. The van der Waals surface area contributed by atoms with Crippen LogP contribution in [0.2, 0.25) is 0 Å². The first-order valence-electron chi connectivity index (χ1n) is 15.6. The van der Waals surface area contributed by atoms with Gasteiger partial charge in [0.15, 0.2) is 5.82 Å². The van der Waals surface area contributed by atoms with E-state index < -0.39 is 41.8 Å². The summed E-state index contributed by atoms with van der Waals surface area (Å²) in [5, 5.41) is 17.1. The summed E-state index contributed by atoms with van der Waals surface area (Å²) in [6.07, 6.45) is -1.44. The van der Waals surface area contributed by atoms with E-state index in [1.165, 1.54) is 18.4 Å². The molecule has 14 nitrogen and oxygen atoms in total. The minimum Gasteiger partial charge on any atom is -0.445 e. The van der Waals surface area contributed by atoms with Crippen LogP contribution in [0.3, 0.4) is 0 Å². The van der Waals surface area contributed by atoms with Crippen molar-refractivity contribution in [1.82, 2.24) is 25.4 Å². The molecule has 50 heavy (non-hydrogen) atoms. The Morgan fingerprint density at radius 1 is 0.660 bits per heavy atom. The number of H-pyrrole nitrogens is 1. The highest BCUT2D eigenvalue weighted by Crippen LogP contribution is 2.22. The van der Waals surface area contributed by atoms with Crippen LogP contribution in [0, 0.1) is 0 Å². The Balaban J connectivity index is 1.14. The highest BCUT2D eigenvalue weighted by molar-refractivity contribution is 5.97. The van der Waals surface area contributed by atoms with Crippen molar-refractivity contribution in [2.75, 3.05) is 10.6 Å². The average molecular weight is 678 g/mol. The summed E-state index contributed by atoms with van der Waals surface area (Å²) in [5.74, 6) is -0.602. The second-order valence-corrected chi connectivity index (χ2v) is 11.1. The fourth-order valence-corrected chi connectivity index (χ4v) is 4.64. The fourth-order valence-electron chi connectivity index (χ4n) is 4.64. The number of hydrogen-bond donors (Lipinski definition) is 5. The van der Waals surface area contributed by atoms with Crippen LogP contribution in [0.4, 0.5) is 21.0 Å². The number of hydrogen-bond acceptors (Lipinski definition) is 8. The molecule has 5 aromatic rings. The summed E-state index contributed by atoms with van der Waals surface area (Å²) >= 11 is 0. The lowest BCUT2D eigenvalue weighted by Gasteiger charge is -2.15. The lowest BCUT2D eigenvalue weighted by Crippen LogP contribution is -2.41. The molecule has 2 atom stereocenters. The van der Waals surface area contributed by atoms with Crippen LogP contribution >= 0.6 is 0 Å². The van der Waals surface area contributed by atoms with E-state index in [9.17, 15) is 24.0 Å². The average Bonchev–Trinajstić information content (AvgIpc) is 3.52. The first-order valence-corrected chi connectivity index (χ1v) is 15.6. The van der Waals surface area contributed by atoms with E-state index in [2.05, 4.69) is 31.5 Å². The summed E-state index contributed by atoms with van der Waals surface area (Å²) in [6, 6.07) is 29.7. The molecule has 0 spiro atoms. The van der Waals surface area contributed by atoms with Crippen molar-refractivity contribution >= 4 is 35.4 Å². The van der Waals surface area contributed by atoms with Gasteiger partial charge in [-0.2, -0.15) is 5.10 Å². The SMILES string of the molecule is C[C@H](NC(=O)OCc1ccccc1)C(=O)Nc1ccc(-c2n[nH]c(=O)n2-c2ccc(NC(=O)[C@H](C)NC(=O)OCc3ccccc3)cc2)cc1. The van der Waals surface area contributed by atoms with Gasteiger partial charge >= 0.3 is 17.9 Å². The van der Waals surface area contributed by atoms with Crippen molar-refractivity contribution in [3.8, 4) is 17.1 Å². The molecular weight excluding hydrogens is 642 g/mol. The lowest BCUT2D eigenvalue weighted by molar-refractivity contribution is -0.118. The zero-order chi connectivity index (χ0) is 35.5. The van der Waals surface area contributed by atoms with Crippen LogP contribution in [0.25, 0.3) is 17.1 Å². The quantitative estimate of drug-likeness (QED) is 0.125. The number of nitrogens with zero attached hydrogens (tertiary/aromatic N) is 2. The Labute approximate surface area is 286 Å². The molecule has 0 saturated carbocycles. The summed E-state index contributed by atoms with van der Waals surface area (Å²) in [6.45, 7) is 3.22. The number of aromatic amines is 1. The van der Waals surface area contributed by atoms with E-state index in [0.29, 0.717) is 28.5 Å². The minimum absolute atomic E-state index is 0.0745. The maximum Gasteiger partial charge on any atom is 0.408 e. The van der Waals surface area contributed by atoms with E-state index in [4.69, 9.17) is 9.47 Å². The molecule has 0 fully saturated rings. The molecule has 0 bridgehead atoms. The lowest BCUT2D eigenvalue weighted by atomic mass is 10.1.